The van der Waals surface area contributed by atoms with Gasteiger partial charge >= 0.3 is 0 Å². The van der Waals surface area contributed by atoms with Gasteiger partial charge in [-0.2, -0.15) is 0 Å². The Morgan fingerprint density at radius 2 is 1.98 bits per heavy atom. The number of aromatic carboxylic acids is 1. The summed E-state index contributed by atoms with van der Waals surface area (Å²) in [4.78, 5) is 31.7. The van der Waals surface area contributed by atoms with Gasteiger partial charge in [-0.3, -0.25) is 4.79 Å². The highest BCUT2D eigenvalue weighted by Crippen LogP contribution is 2.42. The van der Waals surface area contributed by atoms with Crippen molar-refractivity contribution in [3.05, 3.63) is 99.0 Å². The Hall–Kier alpha value is -4.47. The molecule has 0 fully saturated rings. The second kappa shape index (κ2) is 9.32. The summed E-state index contributed by atoms with van der Waals surface area (Å²) in [6, 6.07) is 13.7. The molecule has 9 heteroatoms. The van der Waals surface area contributed by atoms with Crippen molar-refractivity contribution in [2.24, 2.45) is 0 Å². The summed E-state index contributed by atoms with van der Waals surface area (Å²) in [5.41, 5.74) is 3.30. The predicted octanol–water partition coefficient (Wildman–Crippen LogP) is 3.28. The number of carboxylic acids is 1. The topological polar surface area (TPSA) is 117 Å². The van der Waals surface area contributed by atoms with E-state index >= 15 is 0 Å². The average Bonchev–Trinajstić information content (AvgIpc) is 3.29. The molecule has 6 rings (SSSR count). The van der Waals surface area contributed by atoms with E-state index in [1.54, 1.807) is 16.7 Å². The number of ether oxygens (including phenoxy) is 2. The third-order valence-corrected chi connectivity index (χ3v) is 7.72. The van der Waals surface area contributed by atoms with Gasteiger partial charge in [0.1, 0.15) is 29.5 Å². The zero-order chi connectivity index (χ0) is 28.3. The molecule has 2 aliphatic rings. The second-order valence-corrected chi connectivity index (χ2v) is 10.5. The van der Waals surface area contributed by atoms with Crippen LogP contribution < -0.4 is 15.4 Å². The Morgan fingerprint density at radius 1 is 1.23 bits per heavy atom. The summed E-state index contributed by atoms with van der Waals surface area (Å²) >= 11 is 0. The van der Waals surface area contributed by atoms with Crippen molar-refractivity contribution in [1.29, 1.82) is 0 Å². The van der Waals surface area contributed by atoms with Crippen LogP contribution in [0.15, 0.2) is 65.7 Å². The number of hydrogen-bond acceptors (Lipinski definition) is 8. The van der Waals surface area contributed by atoms with Gasteiger partial charge in [-0.05, 0) is 74.6 Å². The van der Waals surface area contributed by atoms with Gasteiger partial charge in [0.2, 0.25) is 0 Å². The van der Waals surface area contributed by atoms with Crippen LogP contribution in [0.1, 0.15) is 46.0 Å². The summed E-state index contributed by atoms with van der Waals surface area (Å²) in [7, 11) is 3.92. The number of pyridine rings is 2. The lowest BCUT2D eigenvalue weighted by molar-refractivity contribution is -0.255. The van der Waals surface area contributed by atoms with E-state index in [4.69, 9.17) is 14.5 Å². The van der Waals surface area contributed by atoms with E-state index in [0.717, 1.165) is 22.0 Å². The second-order valence-electron chi connectivity index (χ2n) is 10.5. The number of nitrogens with zero attached hydrogens (tertiary/aromatic N) is 3. The van der Waals surface area contributed by atoms with Crippen molar-refractivity contribution in [1.82, 2.24) is 14.5 Å². The Labute approximate surface area is 230 Å². The number of carboxylic acid groups (broad SMARTS) is 1. The number of hydrogen-bond donors (Lipinski definition) is 1. The molecule has 2 aromatic carbocycles. The van der Waals surface area contributed by atoms with Crippen molar-refractivity contribution < 1.29 is 24.5 Å². The lowest BCUT2D eigenvalue weighted by Crippen LogP contribution is -2.38. The first kappa shape index (κ1) is 25.8. The SMILES string of the molecule is C=C1OCc2c(cc3n(c2=O)Cc2cc4c(CN(C)C)c(Oc5ccc(C(=O)[O-])cc5)ccc4nc2-3)[C@@]1(O)CC. The third kappa shape index (κ3) is 3.97. The molecule has 0 amide bonds. The lowest BCUT2D eigenvalue weighted by atomic mass is 9.84. The van der Waals surface area contributed by atoms with Crippen LogP contribution in [0.25, 0.3) is 22.3 Å². The third-order valence-electron chi connectivity index (χ3n) is 7.72. The highest BCUT2D eigenvalue weighted by Gasteiger charge is 2.41. The first-order valence-electron chi connectivity index (χ1n) is 13.0. The minimum Gasteiger partial charge on any atom is -0.545 e. The Kier molecular flexibility index (Phi) is 6.01. The van der Waals surface area contributed by atoms with Crippen molar-refractivity contribution >= 4 is 16.9 Å². The van der Waals surface area contributed by atoms with Crippen molar-refractivity contribution in [3.63, 3.8) is 0 Å². The standard InChI is InChI=1S/C31H29N3O6/c1-5-31(38)17(2)39-16-23-24(31)13-26-28-19(14-34(26)29(23)35)12-21-22(15-33(3)4)27(11-10-25(21)32-28)40-20-8-6-18(7-9-20)30(36)37/h6-13,38H,2,5,14-16H2,1,3-4H3,(H,36,37)/p-1/t31-/m1/s1. The molecule has 4 heterocycles. The molecule has 0 radical (unpaired) electrons. The molecule has 0 bridgehead atoms. The van der Waals surface area contributed by atoms with E-state index in [9.17, 15) is 19.8 Å². The summed E-state index contributed by atoms with van der Waals surface area (Å²) < 4.78 is 13.5. The molecule has 0 unspecified atom stereocenters. The van der Waals surface area contributed by atoms with Gasteiger partial charge < -0.3 is 33.9 Å². The fraction of sp³-hybridized carbons (Fsp3) is 0.258. The Morgan fingerprint density at radius 3 is 2.65 bits per heavy atom. The fourth-order valence-corrected chi connectivity index (χ4v) is 5.57. The monoisotopic (exact) mass is 538 g/mol. The fourth-order valence-electron chi connectivity index (χ4n) is 5.57. The number of aromatic nitrogens is 2. The molecule has 0 aliphatic carbocycles. The van der Waals surface area contributed by atoms with Crippen LogP contribution in [0.3, 0.4) is 0 Å². The molecule has 0 saturated heterocycles. The summed E-state index contributed by atoms with van der Waals surface area (Å²) in [6.45, 7) is 6.70. The van der Waals surface area contributed by atoms with Crippen LogP contribution in [0, 0.1) is 0 Å². The quantitative estimate of drug-likeness (QED) is 0.350. The molecular weight excluding hydrogens is 510 g/mol. The first-order chi connectivity index (χ1) is 19.1. The maximum absolute atomic E-state index is 13.6. The first-order valence-corrected chi connectivity index (χ1v) is 13.0. The number of benzene rings is 2. The number of fused-ring (bicyclic) bond motifs is 5. The Bertz CT molecular complexity index is 1770. The average molecular weight is 539 g/mol. The van der Waals surface area contributed by atoms with Crippen molar-refractivity contribution in [2.45, 2.75) is 38.6 Å². The van der Waals surface area contributed by atoms with E-state index in [0.29, 0.717) is 53.5 Å². The maximum Gasteiger partial charge on any atom is 0.258 e. The van der Waals surface area contributed by atoms with Gasteiger partial charge in [-0.15, -0.1) is 0 Å². The molecule has 9 nitrogen and oxygen atoms in total. The molecule has 0 saturated carbocycles. The molecule has 1 N–H and O–H groups in total. The van der Waals surface area contributed by atoms with E-state index in [2.05, 4.69) is 12.6 Å². The van der Waals surface area contributed by atoms with Gasteiger partial charge in [0.15, 0.2) is 0 Å². The van der Waals surface area contributed by atoms with E-state index in [1.165, 1.54) is 12.1 Å². The minimum atomic E-state index is -1.44. The van der Waals surface area contributed by atoms with Gasteiger partial charge in [-0.25, -0.2) is 4.98 Å². The normalized spacial score (nSPS) is 17.4. The van der Waals surface area contributed by atoms with Crippen LogP contribution in [-0.2, 0) is 30.0 Å². The van der Waals surface area contributed by atoms with Crippen LogP contribution in [0.5, 0.6) is 11.5 Å². The molecular formula is C31H28N3O6-. The molecule has 2 aliphatic heterocycles. The number of aliphatic hydroxyl groups is 1. The largest absolute Gasteiger partial charge is 0.545 e. The van der Waals surface area contributed by atoms with Crippen molar-refractivity contribution in [3.8, 4) is 22.9 Å². The zero-order valence-corrected chi connectivity index (χ0v) is 22.5. The zero-order valence-electron chi connectivity index (χ0n) is 22.5. The van der Waals surface area contributed by atoms with Crippen LogP contribution in [0.4, 0.5) is 0 Å². The van der Waals surface area contributed by atoms with Gasteiger partial charge in [0.05, 0.1) is 35.0 Å². The van der Waals surface area contributed by atoms with E-state index < -0.39 is 11.6 Å². The maximum atomic E-state index is 13.6. The molecule has 1 atom stereocenters. The molecule has 2 aromatic heterocycles. The lowest BCUT2D eigenvalue weighted by Gasteiger charge is -2.35. The molecule has 0 spiro atoms. The summed E-state index contributed by atoms with van der Waals surface area (Å²) in [6.07, 6.45) is 0.326. The molecule has 204 valence electrons. The van der Waals surface area contributed by atoms with E-state index in [1.807, 2.05) is 44.1 Å². The predicted molar refractivity (Wildman–Crippen MR) is 147 cm³/mol. The van der Waals surface area contributed by atoms with Gasteiger partial charge in [0.25, 0.3) is 5.56 Å². The van der Waals surface area contributed by atoms with Crippen LogP contribution in [-0.4, -0.2) is 39.6 Å². The highest BCUT2D eigenvalue weighted by atomic mass is 16.5. The number of carbonyl (C=O) groups is 1. The smallest absolute Gasteiger partial charge is 0.258 e. The molecule has 4 aromatic rings. The Balaban J connectivity index is 1.47. The van der Waals surface area contributed by atoms with Gasteiger partial charge in [-0.1, -0.05) is 13.5 Å². The van der Waals surface area contributed by atoms with Crippen LogP contribution in [0.2, 0.25) is 0 Å². The minimum absolute atomic E-state index is 0.0684. The number of carbonyl (C=O) groups excluding carboxylic acids is 1. The van der Waals surface area contributed by atoms with E-state index in [-0.39, 0.29) is 23.5 Å². The van der Waals surface area contributed by atoms with Crippen molar-refractivity contribution in [2.75, 3.05) is 14.1 Å². The van der Waals surface area contributed by atoms with Gasteiger partial charge in [0, 0.05) is 28.6 Å². The molecule has 40 heavy (non-hydrogen) atoms. The van der Waals surface area contributed by atoms with Crippen LogP contribution >= 0.6 is 0 Å². The summed E-state index contributed by atoms with van der Waals surface area (Å²) in [5.74, 6) is 0.112. The summed E-state index contributed by atoms with van der Waals surface area (Å²) in [5, 5.41) is 23.4. The highest BCUT2D eigenvalue weighted by molar-refractivity contribution is 5.89. The number of rotatable bonds is 6.